The van der Waals surface area contributed by atoms with E-state index in [0.29, 0.717) is 44.8 Å². The Morgan fingerprint density at radius 3 is 2.43 bits per heavy atom. The van der Waals surface area contributed by atoms with Gasteiger partial charge in [0.1, 0.15) is 23.0 Å². The number of aromatic nitrogens is 2. The SMILES string of the molecule is Cc1cc(C(=O)N2CCC3(CC2)OCCO3)nc(Nc2c(F)cccc2F)n1. The van der Waals surface area contributed by atoms with Gasteiger partial charge in [-0.15, -0.1) is 0 Å². The van der Waals surface area contributed by atoms with Crippen molar-refractivity contribution in [3.05, 3.63) is 47.3 Å². The Labute approximate surface area is 160 Å². The standard InChI is InChI=1S/C19H20F2N4O3/c1-12-11-15(17(26)25-7-5-19(6-8-25)27-9-10-28-19)23-18(22-12)24-16-13(20)3-2-4-14(16)21/h2-4,11H,5-10H2,1H3,(H,22,23,24). The Bertz CT molecular complexity index is 872. The van der Waals surface area contributed by atoms with Crippen molar-refractivity contribution in [2.75, 3.05) is 31.6 Å². The second kappa shape index (κ2) is 7.40. The van der Waals surface area contributed by atoms with Crippen LogP contribution in [0.25, 0.3) is 0 Å². The van der Waals surface area contributed by atoms with Crippen molar-refractivity contribution >= 4 is 17.5 Å². The van der Waals surface area contributed by atoms with Crippen LogP contribution in [0.15, 0.2) is 24.3 Å². The number of amides is 1. The van der Waals surface area contributed by atoms with Crippen LogP contribution in [-0.2, 0) is 9.47 Å². The third-order valence-corrected chi connectivity index (χ3v) is 4.90. The van der Waals surface area contributed by atoms with E-state index in [0.717, 1.165) is 12.1 Å². The summed E-state index contributed by atoms with van der Waals surface area (Å²) in [6.07, 6.45) is 1.18. The van der Waals surface area contributed by atoms with Crippen molar-refractivity contribution in [1.82, 2.24) is 14.9 Å². The molecule has 2 fully saturated rings. The van der Waals surface area contributed by atoms with Gasteiger partial charge in [0, 0.05) is 31.6 Å². The molecule has 0 unspecified atom stereocenters. The van der Waals surface area contributed by atoms with Crippen molar-refractivity contribution in [1.29, 1.82) is 0 Å². The van der Waals surface area contributed by atoms with E-state index in [9.17, 15) is 13.6 Å². The van der Waals surface area contributed by atoms with Gasteiger partial charge >= 0.3 is 0 Å². The van der Waals surface area contributed by atoms with E-state index in [4.69, 9.17) is 9.47 Å². The summed E-state index contributed by atoms with van der Waals surface area (Å²) in [4.78, 5) is 22.8. The van der Waals surface area contributed by atoms with Gasteiger partial charge < -0.3 is 19.7 Å². The third-order valence-electron chi connectivity index (χ3n) is 4.90. The smallest absolute Gasteiger partial charge is 0.272 e. The van der Waals surface area contributed by atoms with Crippen molar-refractivity contribution in [3.63, 3.8) is 0 Å². The first kappa shape index (κ1) is 18.7. The molecule has 1 aromatic carbocycles. The van der Waals surface area contributed by atoms with Crippen molar-refractivity contribution < 1.29 is 23.0 Å². The van der Waals surface area contributed by atoms with Gasteiger partial charge in [0.15, 0.2) is 5.79 Å². The largest absolute Gasteiger partial charge is 0.347 e. The highest BCUT2D eigenvalue weighted by atomic mass is 19.1. The summed E-state index contributed by atoms with van der Waals surface area (Å²) in [7, 11) is 0. The molecule has 2 saturated heterocycles. The summed E-state index contributed by atoms with van der Waals surface area (Å²) in [6.45, 7) is 3.79. The van der Waals surface area contributed by atoms with E-state index >= 15 is 0 Å². The number of anilines is 2. The van der Waals surface area contributed by atoms with Crippen LogP contribution in [0.3, 0.4) is 0 Å². The molecule has 0 bridgehead atoms. The molecule has 4 rings (SSSR count). The zero-order chi connectivity index (χ0) is 19.7. The van der Waals surface area contributed by atoms with E-state index in [1.54, 1.807) is 17.9 Å². The molecule has 3 heterocycles. The Balaban J connectivity index is 1.51. The van der Waals surface area contributed by atoms with Gasteiger partial charge in [-0.25, -0.2) is 18.7 Å². The summed E-state index contributed by atoms with van der Waals surface area (Å²) in [5.41, 5.74) is 0.312. The van der Waals surface area contributed by atoms with E-state index in [1.165, 1.54) is 6.07 Å². The molecule has 7 nitrogen and oxygen atoms in total. The number of benzene rings is 1. The van der Waals surface area contributed by atoms with Crippen LogP contribution < -0.4 is 5.32 Å². The van der Waals surface area contributed by atoms with Gasteiger partial charge in [-0.2, -0.15) is 0 Å². The van der Waals surface area contributed by atoms with Gasteiger partial charge in [0.25, 0.3) is 5.91 Å². The minimum absolute atomic E-state index is 0.0386. The predicted octanol–water partition coefficient (Wildman–Crippen LogP) is 2.79. The molecule has 148 valence electrons. The highest BCUT2D eigenvalue weighted by molar-refractivity contribution is 5.92. The lowest BCUT2D eigenvalue weighted by molar-refractivity contribution is -0.181. The molecule has 0 aliphatic carbocycles. The zero-order valence-corrected chi connectivity index (χ0v) is 15.4. The molecule has 2 aliphatic heterocycles. The van der Waals surface area contributed by atoms with Crippen LogP contribution in [0.2, 0.25) is 0 Å². The molecule has 0 saturated carbocycles. The Morgan fingerprint density at radius 2 is 1.79 bits per heavy atom. The van der Waals surface area contributed by atoms with E-state index in [-0.39, 0.29) is 23.2 Å². The number of hydrogen-bond acceptors (Lipinski definition) is 6. The molecule has 0 atom stereocenters. The fourth-order valence-electron chi connectivity index (χ4n) is 3.46. The molecule has 9 heteroatoms. The maximum Gasteiger partial charge on any atom is 0.272 e. The Hall–Kier alpha value is -2.65. The second-order valence-electron chi connectivity index (χ2n) is 6.84. The molecular formula is C19H20F2N4O3. The van der Waals surface area contributed by atoms with Gasteiger partial charge in [-0.3, -0.25) is 4.79 Å². The Morgan fingerprint density at radius 1 is 1.14 bits per heavy atom. The number of nitrogens with zero attached hydrogens (tertiary/aromatic N) is 3. The number of ether oxygens (including phenoxy) is 2. The molecule has 1 spiro atoms. The number of para-hydroxylation sites is 1. The second-order valence-corrected chi connectivity index (χ2v) is 6.84. The van der Waals surface area contributed by atoms with Gasteiger partial charge in [-0.05, 0) is 25.1 Å². The minimum Gasteiger partial charge on any atom is -0.347 e. The van der Waals surface area contributed by atoms with E-state index in [2.05, 4.69) is 15.3 Å². The average molecular weight is 390 g/mol. The number of carbonyl (C=O) groups is 1. The topological polar surface area (TPSA) is 76.6 Å². The molecule has 2 aromatic rings. The number of nitrogens with one attached hydrogen (secondary N) is 1. The minimum atomic E-state index is -0.768. The highest BCUT2D eigenvalue weighted by Crippen LogP contribution is 2.31. The first-order valence-corrected chi connectivity index (χ1v) is 9.10. The van der Waals surface area contributed by atoms with Crippen molar-refractivity contribution in [2.24, 2.45) is 0 Å². The average Bonchev–Trinajstić information content (AvgIpc) is 3.12. The lowest BCUT2D eigenvalue weighted by Crippen LogP contribution is -2.47. The Kier molecular flexibility index (Phi) is 4.94. The molecule has 1 amide bonds. The number of hydrogen-bond donors (Lipinski definition) is 1. The number of rotatable bonds is 3. The number of likely N-dealkylation sites (tertiary alicyclic amines) is 1. The lowest BCUT2D eigenvalue weighted by Gasteiger charge is -2.37. The number of halogens is 2. The molecule has 2 aliphatic rings. The van der Waals surface area contributed by atoms with Crippen LogP contribution in [-0.4, -0.2) is 52.9 Å². The molecule has 28 heavy (non-hydrogen) atoms. The quantitative estimate of drug-likeness (QED) is 0.869. The first-order valence-electron chi connectivity index (χ1n) is 9.10. The van der Waals surface area contributed by atoms with Crippen LogP contribution in [0, 0.1) is 18.6 Å². The monoisotopic (exact) mass is 390 g/mol. The molecule has 0 radical (unpaired) electrons. The summed E-state index contributed by atoms with van der Waals surface area (Å²) in [5.74, 6) is -2.42. The normalized spacial score (nSPS) is 18.5. The maximum atomic E-state index is 13.9. The third kappa shape index (κ3) is 3.67. The predicted molar refractivity (Wildman–Crippen MR) is 96.2 cm³/mol. The van der Waals surface area contributed by atoms with Crippen LogP contribution in [0.5, 0.6) is 0 Å². The number of carbonyl (C=O) groups excluding carboxylic acids is 1. The van der Waals surface area contributed by atoms with Crippen LogP contribution >= 0.6 is 0 Å². The summed E-state index contributed by atoms with van der Waals surface area (Å²) in [5, 5.41) is 2.54. The molecule has 1 aromatic heterocycles. The summed E-state index contributed by atoms with van der Waals surface area (Å²) >= 11 is 0. The fourth-order valence-corrected chi connectivity index (χ4v) is 3.46. The zero-order valence-electron chi connectivity index (χ0n) is 15.4. The molecule has 1 N–H and O–H groups in total. The van der Waals surface area contributed by atoms with Gasteiger partial charge in [0.05, 0.1) is 13.2 Å². The van der Waals surface area contributed by atoms with Gasteiger partial charge in [-0.1, -0.05) is 6.07 Å². The van der Waals surface area contributed by atoms with E-state index in [1.807, 2.05) is 0 Å². The number of aryl methyl sites for hydroxylation is 1. The fraction of sp³-hybridized carbons (Fsp3) is 0.421. The first-order chi connectivity index (χ1) is 13.5. The molecular weight excluding hydrogens is 370 g/mol. The van der Waals surface area contributed by atoms with E-state index < -0.39 is 17.4 Å². The van der Waals surface area contributed by atoms with Crippen LogP contribution in [0.4, 0.5) is 20.4 Å². The highest BCUT2D eigenvalue weighted by Gasteiger charge is 2.41. The number of piperidine rings is 1. The lowest BCUT2D eigenvalue weighted by atomic mass is 10.0. The van der Waals surface area contributed by atoms with Gasteiger partial charge in [0.2, 0.25) is 5.95 Å². The summed E-state index contributed by atoms with van der Waals surface area (Å²) < 4.78 is 39.1. The maximum absolute atomic E-state index is 13.9. The van der Waals surface area contributed by atoms with Crippen molar-refractivity contribution in [3.8, 4) is 0 Å². The van der Waals surface area contributed by atoms with Crippen molar-refractivity contribution in [2.45, 2.75) is 25.6 Å². The summed E-state index contributed by atoms with van der Waals surface area (Å²) in [6, 6.07) is 5.08. The van der Waals surface area contributed by atoms with Crippen LogP contribution in [0.1, 0.15) is 29.0 Å².